The highest BCUT2D eigenvalue weighted by atomic mass is 16.5. The van der Waals surface area contributed by atoms with Crippen molar-refractivity contribution in [1.29, 1.82) is 0 Å². The van der Waals surface area contributed by atoms with Crippen LogP contribution in [0.2, 0.25) is 0 Å². The molecule has 168 valence electrons. The summed E-state index contributed by atoms with van der Waals surface area (Å²) in [5.74, 6) is -1.52. The summed E-state index contributed by atoms with van der Waals surface area (Å²) in [5.41, 5.74) is 0.914. The molecule has 1 atom stereocenters. The van der Waals surface area contributed by atoms with Gasteiger partial charge in [-0.3, -0.25) is 14.4 Å². The van der Waals surface area contributed by atoms with Crippen molar-refractivity contribution in [2.45, 2.75) is 51.6 Å². The van der Waals surface area contributed by atoms with Crippen LogP contribution in [-0.4, -0.2) is 47.3 Å². The quantitative estimate of drug-likeness (QED) is 0.491. The first-order chi connectivity index (χ1) is 15.2. The lowest BCUT2D eigenvalue weighted by atomic mass is 9.94. The van der Waals surface area contributed by atoms with Crippen molar-refractivity contribution >= 4 is 29.4 Å². The Morgan fingerprint density at radius 1 is 1.06 bits per heavy atom. The van der Waals surface area contributed by atoms with E-state index in [1.807, 2.05) is 51.1 Å². The Morgan fingerprint density at radius 2 is 1.69 bits per heavy atom. The summed E-state index contributed by atoms with van der Waals surface area (Å²) < 4.78 is 4.69. The number of amides is 3. The van der Waals surface area contributed by atoms with Gasteiger partial charge in [0.05, 0.1) is 31.2 Å². The molecule has 1 aliphatic heterocycles. The third-order valence-corrected chi connectivity index (χ3v) is 5.97. The summed E-state index contributed by atoms with van der Waals surface area (Å²) in [6.07, 6.45) is 0.691. The van der Waals surface area contributed by atoms with Crippen LogP contribution in [0.5, 0.6) is 0 Å². The second-order valence-corrected chi connectivity index (χ2v) is 8.42. The molecule has 1 fully saturated rings. The van der Waals surface area contributed by atoms with Crippen LogP contribution in [0.25, 0.3) is 0 Å². The number of nitrogens with zero attached hydrogens (tertiary/aromatic N) is 2. The lowest BCUT2D eigenvalue weighted by Gasteiger charge is -2.41. The zero-order valence-electron chi connectivity index (χ0n) is 18.8. The van der Waals surface area contributed by atoms with E-state index in [0.717, 1.165) is 10.5 Å². The molecule has 32 heavy (non-hydrogen) atoms. The van der Waals surface area contributed by atoms with Gasteiger partial charge in [-0.05, 0) is 50.1 Å². The number of carbonyl (C=O) groups is 4. The van der Waals surface area contributed by atoms with Gasteiger partial charge in [-0.15, -0.1) is 0 Å². The van der Waals surface area contributed by atoms with Crippen LogP contribution < -0.4 is 4.90 Å². The number of anilines is 1. The van der Waals surface area contributed by atoms with Crippen LogP contribution in [0.3, 0.4) is 0 Å². The maximum atomic E-state index is 13.4. The van der Waals surface area contributed by atoms with E-state index < -0.39 is 23.5 Å². The molecule has 0 aliphatic carbocycles. The molecule has 1 heterocycles. The van der Waals surface area contributed by atoms with Gasteiger partial charge in [0.2, 0.25) is 11.8 Å². The van der Waals surface area contributed by atoms with Gasteiger partial charge in [0.15, 0.2) is 0 Å². The Hall–Kier alpha value is -3.48. The molecule has 0 spiro atoms. The van der Waals surface area contributed by atoms with Gasteiger partial charge in [-0.2, -0.15) is 0 Å². The molecule has 1 saturated heterocycles. The predicted octanol–water partition coefficient (Wildman–Crippen LogP) is 3.37. The van der Waals surface area contributed by atoms with E-state index in [2.05, 4.69) is 4.74 Å². The fourth-order valence-corrected chi connectivity index (χ4v) is 3.91. The predicted molar refractivity (Wildman–Crippen MR) is 120 cm³/mol. The molecule has 0 aromatic heterocycles. The zero-order chi connectivity index (χ0) is 23.5. The SMILES string of the molecule is CCC(C)(C)N(C(=O)Cc1ccccc1)C1CC(=O)N(c2ccc(C(=O)OC)cc2)C1=O. The molecule has 7 heteroatoms. The molecule has 2 aromatic carbocycles. The number of esters is 1. The van der Waals surface area contributed by atoms with Crippen molar-refractivity contribution in [3.05, 3.63) is 65.7 Å². The van der Waals surface area contributed by atoms with Gasteiger partial charge >= 0.3 is 5.97 Å². The Bertz CT molecular complexity index is 1010. The minimum Gasteiger partial charge on any atom is -0.465 e. The van der Waals surface area contributed by atoms with E-state index in [-0.39, 0.29) is 24.7 Å². The van der Waals surface area contributed by atoms with Crippen molar-refractivity contribution < 1.29 is 23.9 Å². The van der Waals surface area contributed by atoms with E-state index in [1.54, 1.807) is 4.90 Å². The van der Waals surface area contributed by atoms with Crippen molar-refractivity contribution in [1.82, 2.24) is 4.90 Å². The van der Waals surface area contributed by atoms with Crippen molar-refractivity contribution in [2.24, 2.45) is 0 Å². The lowest BCUT2D eigenvalue weighted by molar-refractivity contribution is -0.144. The lowest BCUT2D eigenvalue weighted by Crippen LogP contribution is -2.56. The second kappa shape index (κ2) is 9.34. The van der Waals surface area contributed by atoms with Crippen molar-refractivity contribution in [3.8, 4) is 0 Å². The highest BCUT2D eigenvalue weighted by Gasteiger charge is 2.48. The second-order valence-electron chi connectivity index (χ2n) is 8.42. The van der Waals surface area contributed by atoms with E-state index in [9.17, 15) is 19.2 Å². The number of methoxy groups -OCH3 is 1. The molecule has 7 nitrogen and oxygen atoms in total. The molecule has 0 N–H and O–H groups in total. The molecular weight excluding hydrogens is 408 g/mol. The maximum Gasteiger partial charge on any atom is 0.337 e. The van der Waals surface area contributed by atoms with E-state index in [1.165, 1.54) is 31.4 Å². The zero-order valence-corrected chi connectivity index (χ0v) is 18.8. The van der Waals surface area contributed by atoms with E-state index in [4.69, 9.17) is 0 Å². The molecule has 0 saturated carbocycles. The molecule has 0 radical (unpaired) electrons. The third kappa shape index (κ3) is 4.56. The van der Waals surface area contributed by atoms with Gasteiger partial charge in [-0.25, -0.2) is 9.69 Å². The molecular formula is C25H28N2O5. The van der Waals surface area contributed by atoms with Crippen LogP contribution in [-0.2, 0) is 25.5 Å². The standard InChI is InChI=1S/C25H28N2O5/c1-5-25(2,3)27(22(29)15-17-9-7-6-8-10-17)20-16-21(28)26(23(20)30)19-13-11-18(12-14-19)24(31)32-4/h6-14,20H,5,15-16H2,1-4H3. The Kier molecular flexibility index (Phi) is 6.77. The smallest absolute Gasteiger partial charge is 0.337 e. The maximum absolute atomic E-state index is 13.4. The van der Waals surface area contributed by atoms with Crippen LogP contribution >= 0.6 is 0 Å². The number of hydrogen-bond donors (Lipinski definition) is 0. The molecule has 1 aliphatic rings. The average molecular weight is 437 g/mol. The number of hydrogen-bond acceptors (Lipinski definition) is 5. The van der Waals surface area contributed by atoms with E-state index >= 15 is 0 Å². The Labute approximate surface area is 188 Å². The summed E-state index contributed by atoms with van der Waals surface area (Å²) in [7, 11) is 1.28. The first kappa shape index (κ1) is 23.2. The van der Waals surface area contributed by atoms with Crippen LogP contribution in [0.15, 0.2) is 54.6 Å². The van der Waals surface area contributed by atoms with Crippen molar-refractivity contribution in [2.75, 3.05) is 12.0 Å². The largest absolute Gasteiger partial charge is 0.465 e. The van der Waals surface area contributed by atoms with Gasteiger partial charge in [0, 0.05) is 5.54 Å². The van der Waals surface area contributed by atoms with Crippen LogP contribution in [0.4, 0.5) is 5.69 Å². The van der Waals surface area contributed by atoms with Crippen molar-refractivity contribution in [3.63, 3.8) is 0 Å². The number of imide groups is 1. The first-order valence-electron chi connectivity index (χ1n) is 10.6. The number of rotatable bonds is 7. The summed E-state index contributed by atoms with van der Waals surface area (Å²) in [6.45, 7) is 5.76. The number of benzene rings is 2. The normalized spacial score (nSPS) is 16.2. The fourth-order valence-electron chi connectivity index (χ4n) is 3.91. The van der Waals surface area contributed by atoms with Crippen LogP contribution in [0.1, 0.15) is 49.5 Å². The topological polar surface area (TPSA) is 84.0 Å². The molecule has 2 aromatic rings. The molecule has 3 rings (SSSR count). The summed E-state index contributed by atoms with van der Waals surface area (Å²) >= 11 is 0. The third-order valence-electron chi connectivity index (χ3n) is 5.97. The first-order valence-corrected chi connectivity index (χ1v) is 10.6. The Morgan fingerprint density at radius 3 is 2.25 bits per heavy atom. The fraction of sp³-hybridized carbons (Fsp3) is 0.360. The van der Waals surface area contributed by atoms with Gasteiger partial charge < -0.3 is 9.64 Å². The van der Waals surface area contributed by atoms with Crippen LogP contribution in [0, 0.1) is 0 Å². The molecule has 1 unspecified atom stereocenters. The number of ether oxygens (including phenoxy) is 1. The van der Waals surface area contributed by atoms with Gasteiger partial charge in [-0.1, -0.05) is 37.3 Å². The van der Waals surface area contributed by atoms with Gasteiger partial charge in [0.1, 0.15) is 6.04 Å². The molecule has 0 bridgehead atoms. The average Bonchev–Trinajstić information content (AvgIpc) is 3.07. The number of carbonyl (C=O) groups excluding carboxylic acids is 4. The highest BCUT2D eigenvalue weighted by Crippen LogP contribution is 2.32. The van der Waals surface area contributed by atoms with E-state index in [0.29, 0.717) is 17.7 Å². The summed E-state index contributed by atoms with van der Waals surface area (Å²) in [4.78, 5) is 53.9. The minimum atomic E-state index is -0.881. The summed E-state index contributed by atoms with van der Waals surface area (Å²) in [6, 6.07) is 14.5. The highest BCUT2D eigenvalue weighted by molar-refractivity contribution is 6.23. The minimum absolute atomic E-state index is 0.0818. The Balaban J connectivity index is 1.89. The van der Waals surface area contributed by atoms with Gasteiger partial charge in [0.25, 0.3) is 5.91 Å². The molecule has 3 amide bonds. The monoisotopic (exact) mass is 436 g/mol. The summed E-state index contributed by atoms with van der Waals surface area (Å²) in [5, 5.41) is 0.